The minimum absolute atomic E-state index is 1.15. The fourth-order valence-corrected chi connectivity index (χ4v) is 9.24. The first-order chi connectivity index (χ1) is 25.3. The number of rotatable bonds is 4. The van der Waals surface area contributed by atoms with Crippen LogP contribution in [0.5, 0.6) is 0 Å². The first-order valence-electron chi connectivity index (χ1n) is 17.4. The monoisotopic (exact) mass is 666 g/mol. The van der Waals surface area contributed by atoms with E-state index in [0.717, 1.165) is 5.69 Å². The lowest BCUT2D eigenvalue weighted by molar-refractivity contribution is 1.16. The van der Waals surface area contributed by atoms with Crippen LogP contribution in [0.15, 0.2) is 182 Å². The van der Waals surface area contributed by atoms with Gasteiger partial charge in [0.25, 0.3) is 0 Å². The Morgan fingerprint density at radius 3 is 1.49 bits per heavy atom. The van der Waals surface area contributed by atoms with Crippen LogP contribution in [-0.4, -0.2) is 9.13 Å². The van der Waals surface area contributed by atoms with Crippen molar-refractivity contribution in [3.05, 3.63) is 182 Å². The highest BCUT2D eigenvalue weighted by molar-refractivity contribution is 7.25. The third-order valence-corrected chi connectivity index (χ3v) is 11.7. The van der Waals surface area contributed by atoms with Crippen LogP contribution in [0.4, 0.5) is 0 Å². The fraction of sp³-hybridized carbons (Fsp3) is 0. The van der Waals surface area contributed by atoms with Gasteiger partial charge in [-0.2, -0.15) is 0 Å². The van der Waals surface area contributed by atoms with Gasteiger partial charge in [-0.25, -0.2) is 0 Å². The molecule has 238 valence electrons. The van der Waals surface area contributed by atoms with Crippen LogP contribution in [0.1, 0.15) is 0 Å². The molecule has 0 fully saturated rings. The van der Waals surface area contributed by atoms with Crippen LogP contribution in [0.3, 0.4) is 0 Å². The van der Waals surface area contributed by atoms with Crippen molar-refractivity contribution in [3.63, 3.8) is 0 Å². The summed E-state index contributed by atoms with van der Waals surface area (Å²) >= 11 is 1.86. The van der Waals surface area contributed by atoms with E-state index in [2.05, 4.69) is 191 Å². The Hall–Kier alpha value is -6.42. The maximum absolute atomic E-state index is 2.45. The first kappa shape index (κ1) is 28.4. The van der Waals surface area contributed by atoms with Gasteiger partial charge in [0, 0.05) is 53.1 Å². The molecule has 0 unspecified atom stereocenters. The Bertz CT molecular complexity index is 3030. The molecule has 0 saturated carbocycles. The molecular weight excluding hydrogens is 637 g/mol. The first-order valence-corrected chi connectivity index (χ1v) is 18.2. The maximum atomic E-state index is 2.45. The Morgan fingerprint density at radius 1 is 0.275 bits per heavy atom. The Morgan fingerprint density at radius 2 is 0.784 bits per heavy atom. The van der Waals surface area contributed by atoms with Gasteiger partial charge in [0.15, 0.2) is 0 Å². The van der Waals surface area contributed by atoms with Crippen LogP contribution in [0.25, 0.3) is 97.4 Å². The van der Waals surface area contributed by atoms with Crippen LogP contribution < -0.4 is 0 Å². The van der Waals surface area contributed by atoms with E-state index in [1.54, 1.807) is 0 Å². The second-order valence-electron chi connectivity index (χ2n) is 13.4. The van der Waals surface area contributed by atoms with Gasteiger partial charge in [-0.1, -0.05) is 115 Å². The lowest BCUT2D eigenvalue weighted by Crippen LogP contribution is -1.97. The molecule has 0 radical (unpaired) electrons. The zero-order chi connectivity index (χ0) is 33.5. The average Bonchev–Trinajstić information content (AvgIpc) is 3.85. The molecule has 0 amide bonds. The van der Waals surface area contributed by atoms with E-state index in [-0.39, 0.29) is 0 Å². The third-order valence-electron chi connectivity index (χ3n) is 10.5. The van der Waals surface area contributed by atoms with Gasteiger partial charge in [0.05, 0.1) is 22.1 Å². The lowest BCUT2D eigenvalue weighted by atomic mass is 10.0. The molecule has 3 aromatic heterocycles. The zero-order valence-corrected chi connectivity index (χ0v) is 28.4. The molecule has 51 heavy (non-hydrogen) atoms. The average molecular weight is 667 g/mol. The summed E-state index contributed by atoms with van der Waals surface area (Å²) in [6.45, 7) is 0. The van der Waals surface area contributed by atoms with E-state index in [9.17, 15) is 0 Å². The normalized spacial score (nSPS) is 11.9. The molecule has 0 aliphatic rings. The molecule has 0 spiro atoms. The summed E-state index contributed by atoms with van der Waals surface area (Å²) in [4.78, 5) is 0. The predicted octanol–water partition coefficient (Wildman–Crippen LogP) is 13.6. The van der Waals surface area contributed by atoms with Gasteiger partial charge in [0.1, 0.15) is 0 Å². The zero-order valence-electron chi connectivity index (χ0n) is 27.6. The van der Waals surface area contributed by atoms with Gasteiger partial charge in [0.2, 0.25) is 0 Å². The highest BCUT2D eigenvalue weighted by Gasteiger charge is 2.18. The molecular formula is C48H30N2S. The van der Waals surface area contributed by atoms with Crippen molar-refractivity contribution in [1.82, 2.24) is 9.13 Å². The van der Waals surface area contributed by atoms with E-state index >= 15 is 0 Å². The summed E-state index contributed by atoms with van der Waals surface area (Å²) in [5.41, 5.74) is 12.0. The fourth-order valence-electron chi connectivity index (χ4n) is 8.15. The highest BCUT2D eigenvalue weighted by atomic mass is 32.1. The van der Waals surface area contributed by atoms with E-state index < -0.39 is 0 Å². The summed E-state index contributed by atoms with van der Waals surface area (Å²) in [5.74, 6) is 0. The second kappa shape index (κ2) is 11.0. The van der Waals surface area contributed by atoms with Crippen LogP contribution >= 0.6 is 11.3 Å². The standard InChI is InChI=1S/C48H30N2S/c1-3-11-31(12-4-1)33-19-24-44-40(27-33)41-28-34(32-13-5-2-6-14-32)20-25-45(41)49(44)36-21-23-38-37-15-7-9-17-43(37)50(46(38)30-36)35-22-26-48-42(29-35)39-16-8-10-18-47(39)51-48/h1-30H. The third kappa shape index (κ3) is 4.35. The van der Waals surface area contributed by atoms with Gasteiger partial charge in [-0.3, -0.25) is 0 Å². The highest BCUT2D eigenvalue weighted by Crippen LogP contribution is 2.41. The van der Waals surface area contributed by atoms with Crippen molar-refractivity contribution in [1.29, 1.82) is 0 Å². The molecule has 0 saturated heterocycles. The van der Waals surface area contributed by atoms with Crippen molar-refractivity contribution >= 4 is 75.1 Å². The minimum atomic E-state index is 1.15. The van der Waals surface area contributed by atoms with Gasteiger partial charge in [-0.05, 0) is 89.0 Å². The number of para-hydroxylation sites is 1. The Labute approximate surface area is 298 Å². The van der Waals surface area contributed by atoms with E-state index in [0.29, 0.717) is 0 Å². The quantitative estimate of drug-likeness (QED) is 0.177. The molecule has 2 nitrogen and oxygen atoms in total. The molecule has 0 bridgehead atoms. The number of aromatic nitrogens is 2. The predicted molar refractivity (Wildman–Crippen MR) is 219 cm³/mol. The number of benzene rings is 8. The van der Waals surface area contributed by atoms with Crippen LogP contribution in [0.2, 0.25) is 0 Å². The Kier molecular flexibility index (Phi) is 6.16. The van der Waals surface area contributed by atoms with Crippen molar-refractivity contribution in [2.24, 2.45) is 0 Å². The van der Waals surface area contributed by atoms with Crippen molar-refractivity contribution in [3.8, 4) is 33.6 Å². The molecule has 8 aromatic carbocycles. The van der Waals surface area contributed by atoms with Crippen molar-refractivity contribution in [2.45, 2.75) is 0 Å². The van der Waals surface area contributed by atoms with E-state index in [1.807, 2.05) is 11.3 Å². The number of hydrogen-bond donors (Lipinski definition) is 0. The lowest BCUT2D eigenvalue weighted by Gasteiger charge is -2.12. The molecule has 0 aliphatic heterocycles. The van der Waals surface area contributed by atoms with Crippen molar-refractivity contribution < 1.29 is 0 Å². The van der Waals surface area contributed by atoms with Crippen molar-refractivity contribution in [2.75, 3.05) is 0 Å². The van der Waals surface area contributed by atoms with Gasteiger partial charge >= 0.3 is 0 Å². The summed E-state index contributed by atoms with van der Waals surface area (Å²) in [6.07, 6.45) is 0. The van der Waals surface area contributed by atoms with E-state index in [1.165, 1.54) is 91.7 Å². The molecule has 0 atom stereocenters. The molecule has 11 aromatic rings. The Balaban J connectivity index is 1.18. The SMILES string of the molecule is c1ccc(-c2ccc3c(c2)c2cc(-c4ccccc4)ccc2n3-c2ccc3c4ccccc4n(-c4ccc5sc6ccccc6c5c4)c3c2)cc1. The van der Waals surface area contributed by atoms with Gasteiger partial charge < -0.3 is 9.13 Å². The number of fused-ring (bicyclic) bond motifs is 9. The van der Waals surface area contributed by atoms with Gasteiger partial charge in [-0.15, -0.1) is 11.3 Å². The summed E-state index contributed by atoms with van der Waals surface area (Å²) in [5, 5.41) is 7.63. The number of nitrogens with zero attached hydrogens (tertiary/aromatic N) is 2. The molecule has 3 heterocycles. The smallest absolute Gasteiger partial charge is 0.0561 e. The molecule has 0 N–H and O–H groups in total. The van der Waals surface area contributed by atoms with Crippen LogP contribution in [0, 0.1) is 0 Å². The summed E-state index contributed by atoms with van der Waals surface area (Å²) < 4.78 is 7.54. The number of thiophene rings is 1. The molecule has 0 aliphatic carbocycles. The molecule has 11 rings (SSSR count). The van der Waals surface area contributed by atoms with E-state index in [4.69, 9.17) is 0 Å². The molecule has 3 heteroatoms. The summed E-state index contributed by atoms with van der Waals surface area (Å²) in [7, 11) is 0. The minimum Gasteiger partial charge on any atom is -0.309 e. The largest absolute Gasteiger partial charge is 0.309 e. The summed E-state index contributed by atoms with van der Waals surface area (Å²) in [6, 6.07) is 66.8. The maximum Gasteiger partial charge on any atom is 0.0561 e. The van der Waals surface area contributed by atoms with Crippen LogP contribution in [-0.2, 0) is 0 Å². The number of hydrogen-bond acceptors (Lipinski definition) is 1. The topological polar surface area (TPSA) is 9.86 Å². The second-order valence-corrected chi connectivity index (χ2v) is 14.4.